The molecule has 0 bridgehead atoms. The maximum atomic E-state index is 12.1. The summed E-state index contributed by atoms with van der Waals surface area (Å²) in [5.41, 5.74) is 3.46. The van der Waals surface area contributed by atoms with Gasteiger partial charge >= 0.3 is 0 Å². The molecular formula is C22H29N3O. The predicted molar refractivity (Wildman–Crippen MR) is 109 cm³/mol. The van der Waals surface area contributed by atoms with Crippen LogP contribution in [-0.4, -0.2) is 44.0 Å². The van der Waals surface area contributed by atoms with Crippen LogP contribution in [0.15, 0.2) is 54.6 Å². The van der Waals surface area contributed by atoms with Gasteiger partial charge in [0.1, 0.15) is 0 Å². The van der Waals surface area contributed by atoms with E-state index in [-0.39, 0.29) is 5.91 Å². The van der Waals surface area contributed by atoms with Crippen molar-refractivity contribution >= 4 is 17.3 Å². The Kier molecular flexibility index (Phi) is 6.67. The van der Waals surface area contributed by atoms with Crippen molar-refractivity contribution in [3.8, 4) is 0 Å². The molecule has 2 aromatic carbocycles. The van der Waals surface area contributed by atoms with Crippen LogP contribution in [0.5, 0.6) is 0 Å². The van der Waals surface area contributed by atoms with Gasteiger partial charge in [-0.2, -0.15) is 0 Å². The van der Waals surface area contributed by atoms with Crippen molar-refractivity contribution in [2.45, 2.75) is 25.7 Å². The third-order valence-corrected chi connectivity index (χ3v) is 4.98. The third-order valence-electron chi connectivity index (χ3n) is 4.98. The number of nitrogens with zero attached hydrogens (tertiary/aromatic N) is 2. The molecule has 2 aromatic rings. The summed E-state index contributed by atoms with van der Waals surface area (Å²) in [4.78, 5) is 16.9. The van der Waals surface area contributed by atoms with Crippen molar-refractivity contribution in [2.75, 3.05) is 43.4 Å². The number of carbonyl (C=O) groups is 1. The van der Waals surface area contributed by atoms with Gasteiger partial charge < -0.3 is 15.1 Å². The lowest BCUT2D eigenvalue weighted by Gasteiger charge is -2.34. The zero-order chi connectivity index (χ0) is 18.2. The summed E-state index contributed by atoms with van der Waals surface area (Å²) in [7, 11) is 2.16. The van der Waals surface area contributed by atoms with Gasteiger partial charge in [-0.15, -0.1) is 0 Å². The second kappa shape index (κ2) is 9.39. The summed E-state index contributed by atoms with van der Waals surface area (Å²) in [5, 5.41) is 3.01. The van der Waals surface area contributed by atoms with E-state index in [0.717, 1.165) is 51.1 Å². The number of likely N-dealkylation sites (N-methyl/N-ethyl adjacent to an activating group) is 1. The van der Waals surface area contributed by atoms with Crippen molar-refractivity contribution in [1.82, 2.24) is 4.90 Å². The van der Waals surface area contributed by atoms with E-state index < -0.39 is 0 Å². The lowest BCUT2D eigenvalue weighted by atomic mass is 10.1. The maximum Gasteiger partial charge on any atom is 0.224 e. The Bertz CT molecular complexity index is 676. The van der Waals surface area contributed by atoms with Crippen LogP contribution in [0.3, 0.4) is 0 Å². The summed E-state index contributed by atoms with van der Waals surface area (Å²) in [6, 6.07) is 18.7. The quantitative estimate of drug-likeness (QED) is 0.771. The highest BCUT2D eigenvalue weighted by molar-refractivity contribution is 5.90. The average molecular weight is 351 g/mol. The molecule has 138 valence electrons. The fraction of sp³-hybridized carbons (Fsp3) is 0.409. The second-order valence-corrected chi connectivity index (χ2v) is 7.08. The highest BCUT2D eigenvalue weighted by Crippen LogP contribution is 2.19. The number of carbonyl (C=O) groups excluding carboxylic acids is 1. The first kappa shape index (κ1) is 18.5. The summed E-state index contributed by atoms with van der Waals surface area (Å²) >= 11 is 0. The van der Waals surface area contributed by atoms with Crippen molar-refractivity contribution in [1.29, 1.82) is 0 Å². The van der Waals surface area contributed by atoms with Gasteiger partial charge in [-0.25, -0.2) is 0 Å². The topological polar surface area (TPSA) is 35.6 Å². The van der Waals surface area contributed by atoms with Crippen molar-refractivity contribution in [3.63, 3.8) is 0 Å². The molecule has 26 heavy (non-hydrogen) atoms. The van der Waals surface area contributed by atoms with E-state index in [9.17, 15) is 4.79 Å². The van der Waals surface area contributed by atoms with Gasteiger partial charge in [0, 0.05) is 44.0 Å². The summed E-state index contributed by atoms with van der Waals surface area (Å²) in [5.74, 6) is 0.102. The average Bonchev–Trinajstić information content (AvgIpc) is 2.67. The van der Waals surface area contributed by atoms with Gasteiger partial charge in [-0.05, 0) is 56.1 Å². The van der Waals surface area contributed by atoms with Crippen LogP contribution in [0.1, 0.15) is 24.8 Å². The lowest BCUT2D eigenvalue weighted by Crippen LogP contribution is -2.44. The molecule has 1 N–H and O–H groups in total. The van der Waals surface area contributed by atoms with Gasteiger partial charge in [-0.3, -0.25) is 4.79 Å². The number of benzene rings is 2. The van der Waals surface area contributed by atoms with Gasteiger partial charge in [-0.1, -0.05) is 30.3 Å². The highest BCUT2D eigenvalue weighted by atomic mass is 16.1. The van der Waals surface area contributed by atoms with Crippen LogP contribution >= 0.6 is 0 Å². The number of rotatable bonds is 7. The van der Waals surface area contributed by atoms with E-state index in [4.69, 9.17) is 0 Å². The second-order valence-electron chi connectivity index (χ2n) is 7.08. The molecule has 4 heteroatoms. The number of hydrogen-bond donors (Lipinski definition) is 1. The van der Waals surface area contributed by atoms with E-state index in [1.165, 1.54) is 11.3 Å². The van der Waals surface area contributed by atoms with Gasteiger partial charge in [0.25, 0.3) is 0 Å². The molecule has 3 rings (SSSR count). The highest BCUT2D eigenvalue weighted by Gasteiger charge is 2.14. The molecule has 1 fully saturated rings. The summed E-state index contributed by atoms with van der Waals surface area (Å²) in [6.07, 6.45) is 3.57. The lowest BCUT2D eigenvalue weighted by molar-refractivity contribution is -0.116. The molecular weight excluding hydrogens is 322 g/mol. The van der Waals surface area contributed by atoms with Crippen molar-refractivity contribution in [2.24, 2.45) is 0 Å². The molecule has 1 heterocycles. The molecule has 0 saturated carbocycles. The van der Waals surface area contributed by atoms with Crippen LogP contribution in [0.2, 0.25) is 0 Å². The Morgan fingerprint density at radius 2 is 1.62 bits per heavy atom. The smallest absolute Gasteiger partial charge is 0.224 e. The van der Waals surface area contributed by atoms with Gasteiger partial charge in [0.05, 0.1) is 0 Å². The zero-order valence-electron chi connectivity index (χ0n) is 15.7. The van der Waals surface area contributed by atoms with E-state index in [0.29, 0.717) is 6.42 Å². The number of piperazine rings is 1. The Hall–Kier alpha value is -2.33. The molecule has 1 aliphatic heterocycles. The van der Waals surface area contributed by atoms with Crippen molar-refractivity contribution < 1.29 is 4.79 Å². The normalized spacial score (nSPS) is 15.0. The Morgan fingerprint density at radius 3 is 2.31 bits per heavy atom. The molecule has 1 amide bonds. The molecule has 0 atom stereocenters. The zero-order valence-corrected chi connectivity index (χ0v) is 15.7. The summed E-state index contributed by atoms with van der Waals surface area (Å²) < 4.78 is 0. The van der Waals surface area contributed by atoms with Crippen molar-refractivity contribution in [3.05, 3.63) is 60.2 Å². The van der Waals surface area contributed by atoms with E-state index in [2.05, 4.69) is 58.6 Å². The first-order valence-corrected chi connectivity index (χ1v) is 9.58. The minimum Gasteiger partial charge on any atom is -0.369 e. The Balaban J connectivity index is 1.38. The molecule has 0 aromatic heterocycles. The molecule has 0 unspecified atom stereocenters. The van der Waals surface area contributed by atoms with Crippen LogP contribution in [-0.2, 0) is 11.2 Å². The molecule has 1 aliphatic rings. The maximum absolute atomic E-state index is 12.1. The number of anilines is 2. The molecule has 0 aliphatic carbocycles. The van der Waals surface area contributed by atoms with Gasteiger partial charge in [0.15, 0.2) is 0 Å². The van der Waals surface area contributed by atoms with Crippen LogP contribution in [0, 0.1) is 0 Å². The fourth-order valence-corrected chi connectivity index (χ4v) is 3.30. The first-order valence-electron chi connectivity index (χ1n) is 9.58. The molecule has 4 nitrogen and oxygen atoms in total. The minimum absolute atomic E-state index is 0.102. The number of aryl methyl sites for hydroxylation is 1. The van der Waals surface area contributed by atoms with Crippen LogP contribution < -0.4 is 10.2 Å². The number of amides is 1. The van der Waals surface area contributed by atoms with E-state index in [1.807, 2.05) is 18.2 Å². The monoisotopic (exact) mass is 351 g/mol. The molecule has 1 saturated heterocycles. The minimum atomic E-state index is 0.102. The fourth-order valence-electron chi connectivity index (χ4n) is 3.30. The van der Waals surface area contributed by atoms with E-state index in [1.54, 1.807) is 0 Å². The van der Waals surface area contributed by atoms with Crippen LogP contribution in [0.4, 0.5) is 11.4 Å². The Labute approximate surface area is 156 Å². The number of nitrogens with one attached hydrogen (secondary N) is 1. The predicted octanol–water partition coefficient (Wildman–Crippen LogP) is 3.79. The van der Waals surface area contributed by atoms with E-state index >= 15 is 0 Å². The summed E-state index contributed by atoms with van der Waals surface area (Å²) in [6.45, 7) is 4.32. The molecule has 0 radical (unpaired) electrons. The standard InChI is InChI=1S/C22H29N3O/c1-24-15-17-25(18-16-24)21-13-11-20(12-14-21)23-22(26)10-6-5-9-19-7-3-2-4-8-19/h2-4,7-8,11-14H,5-6,9-10,15-18H2,1H3,(H,23,26). The van der Waals surface area contributed by atoms with Crippen LogP contribution in [0.25, 0.3) is 0 Å². The first-order chi connectivity index (χ1) is 12.7. The third kappa shape index (κ3) is 5.60. The number of unbranched alkanes of at least 4 members (excludes halogenated alkanes) is 1. The largest absolute Gasteiger partial charge is 0.369 e. The number of hydrogen-bond acceptors (Lipinski definition) is 3. The Morgan fingerprint density at radius 1 is 0.923 bits per heavy atom. The van der Waals surface area contributed by atoms with Gasteiger partial charge in [0.2, 0.25) is 5.91 Å². The molecule has 0 spiro atoms. The SMILES string of the molecule is CN1CCN(c2ccc(NC(=O)CCCCc3ccccc3)cc2)CC1.